The SMILES string of the molecule is CO[C@@H]1[C@H](N2c3ncnc(N)c3NC2SC(C)C)OC2CO[PH](O)(O)O[C@@H]21. The summed E-state index contributed by atoms with van der Waals surface area (Å²) >= 11 is 1.66. The van der Waals surface area contributed by atoms with Crippen LogP contribution in [0, 0.1) is 0 Å². The van der Waals surface area contributed by atoms with Crippen molar-refractivity contribution in [1.82, 2.24) is 9.97 Å². The first-order valence-corrected chi connectivity index (χ1v) is 11.2. The van der Waals surface area contributed by atoms with Gasteiger partial charge >= 0.3 is 161 Å². The van der Waals surface area contributed by atoms with Gasteiger partial charge in [-0.3, -0.25) is 0 Å². The van der Waals surface area contributed by atoms with Crippen molar-refractivity contribution in [3.05, 3.63) is 6.33 Å². The Morgan fingerprint density at radius 2 is 2.22 bits per heavy atom. The molecule has 152 valence electrons. The molecule has 3 aliphatic heterocycles. The van der Waals surface area contributed by atoms with Crippen LogP contribution in [0.25, 0.3) is 0 Å². The summed E-state index contributed by atoms with van der Waals surface area (Å²) in [7, 11) is -2.64. The van der Waals surface area contributed by atoms with E-state index >= 15 is 0 Å². The number of ether oxygens (including phenoxy) is 2. The Hall–Kier alpha value is -0.980. The molecule has 27 heavy (non-hydrogen) atoms. The zero-order valence-electron chi connectivity index (χ0n) is 15.1. The molecule has 0 saturated carbocycles. The minimum atomic E-state index is -4.17. The normalized spacial score (nSPS) is 35.6. The fourth-order valence-corrected chi connectivity index (χ4v) is 5.64. The van der Waals surface area contributed by atoms with Crippen molar-refractivity contribution < 1.29 is 28.3 Å². The molecule has 5 atom stereocenters. The molecule has 0 spiro atoms. The average molecular weight is 421 g/mol. The summed E-state index contributed by atoms with van der Waals surface area (Å²) < 4.78 is 22.2. The van der Waals surface area contributed by atoms with Gasteiger partial charge in [-0.25, -0.2) is 0 Å². The van der Waals surface area contributed by atoms with Crippen LogP contribution in [0.1, 0.15) is 13.8 Å². The van der Waals surface area contributed by atoms with Crippen LogP contribution in [0.15, 0.2) is 6.33 Å². The predicted octanol–water partition coefficient (Wildman–Crippen LogP) is 0.266. The Morgan fingerprint density at radius 1 is 1.44 bits per heavy atom. The number of rotatable bonds is 4. The Labute approximate surface area is 161 Å². The van der Waals surface area contributed by atoms with Gasteiger partial charge in [-0.2, -0.15) is 0 Å². The Morgan fingerprint density at radius 3 is 2.93 bits per heavy atom. The molecule has 0 bridgehead atoms. The van der Waals surface area contributed by atoms with E-state index < -0.39 is 32.7 Å². The fraction of sp³-hybridized carbons (Fsp3) is 0.714. The van der Waals surface area contributed by atoms with Gasteiger partial charge in [-0.15, -0.1) is 0 Å². The van der Waals surface area contributed by atoms with E-state index in [1.165, 1.54) is 13.4 Å². The molecule has 2 unspecified atom stereocenters. The fourth-order valence-electron chi connectivity index (χ4n) is 3.50. The number of aromatic nitrogens is 2. The number of anilines is 3. The zero-order chi connectivity index (χ0) is 19.3. The van der Waals surface area contributed by atoms with Crippen LogP contribution in [0.3, 0.4) is 0 Å². The Kier molecular flexibility index (Phi) is 5.10. The summed E-state index contributed by atoms with van der Waals surface area (Å²) in [5.41, 5.74) is 6.44. The van der Waals surface area contributed by atoms with Crippen molar-refractivity contribution in [2.75, 3.05) is 29.7 Å². The van der Waals surface area contributed by atoms with Crippen molar-refractivity contribution in [2.45, 2.75) is 49.1 Å². The molecule has 5 N–H and O–H groups in total. The third-order valence-electron chi connectivity index (χ3n) is 4.58. The maximum absolute atomic E-state index is 9.82. The first-order valence-electron chi connectivity index (χ1n) is 8.56. The molecule has 2 saturated heterocycles. The first kappa shape index (κ1) is 19.3. The van der Waals surface area contributed by atoms with Gasteiger partial charge in [0.2, 0.25) is 0 Å². The van der Waals surface area contributed by atoms with Crippen LogP contribution in [0.4, 0.5) is 17.3 Å². The molecule has 0 aliphatic carbocycles. The molecule has 0 radical (unpaired) electrons. The molecule has 13 heteroatoms. The molecular weight excluding hydrogens is 397 g/mol. The van der Waals surface area contributed by atoms with E-state index in [2.05, 4.69) is 29.1 Å². The molecule has 3 aliphatic rings. The number of nitrogens with zero attached hydrogens (tertiary/aromatic N) is 3. The van der Waals surface area contributed by atoms with E-state index in [1.54, 1.807) is 11.8 Å². The standard InChI is InChI=1S/C14H24N5O6PS/c1-6(2)27-14-18-8-11(15)16-5-17-12(8)19(14)13-10(22-3)9-7(24-13)4-23-26(20,21)25-9/h5-7,9-10,13-14,18,20-21,26H,4H2,1-3H3,(H2,15,16,17)/t7?,9-,10-,13+,14?/m0/s1. The van der Waals surface area contributed by atoms with Gasteiger partial charge < -0.3 is 0 Å². The van der Waals surface area contributed by atoms with E-state index in [4.69, 9.17) is 24.3 Å². The second-order valence-corrected chi connectivity index (χ2v) is 10.0. The second kappa shape index (κ2) is 7.12. The molecule has 4 heterocycles. The van der Waals surface area contributed by atoms with Gasteiger partial charge in [0.1, 0.15) is 0 Å². The van der Waals surface area contributed by atoms with E-state index in [1.807, 2.05) is 4.90 Å². The van der Waals surface area contributed by atoms with Gasteiger partial charge in [-0.1, -0.05) is 0 Å². The number of nitrogen functional groups attached to an aromatic ring is 1. The van der Waals surface area contributed by atoms with Crippen LogP contribution in [0.5, 0.6) is 0 Å². The van der Waals surface area contributed by atoms with Gasteiger partial charge in [-0.05, 0) is 0 Å². The number of methoxy groups -OCH3 is 1. The van der Waals surface area contributed by atoms with Gasteiger partial charge in [0.15, 0.2) is 0 Å². The number of nitrogens with one attached hydrogen (secondary N) is 1. The third-order valence-corrected chi connectivity index (χ3v) is 6.85. The number of hydrogen-bond acceptors (Lipinski definition) is 12. The monoisotopic (exact) mass is 421 g/mol. The first-order chi connectivity index (χ1) is 12.8. The number of hydrogen-bond donors (Lipinski definition) is 4. The third kappa shape index (κ3) is 3.45. The zero-order valence-corrected chi connectivity index (χ0v) is 16.9. The molecule has 4 rings (SSSR count). The molecule has 2 fully saturated rings. The number of fused-ring (bicyclic) bond motifs is 2. The molecular formula is C14H24N5O6PS. The number of nitrogens with two attached hydrogens (primary N) is 1. The van der Waals surface area contributed by atoms with Crippen molar-refractivity contribution in [3.63, 3.8) is 0 Å². The summed E-state index contributed by atoms with van der Waals surface area (Å²) in [6.45, 7) is 4.18. The summed E-state index contributed by atoms with van der Waals surface area (Å²) in [5, 5.41) is 3.66. The summed E-state index contributed by atoms with van der Waals surface area (Å²) in [4.78, 5) is 30.0. The molecule has 0 aromatic carbocycles. The van der Waals surface area contributed by atoms with E-state index in [-0.39, 0.29) is 12.1 Å². The van der Waals surface area contributed by atoms with Crippen molar-refractivity contribution >= 4 is 37.3 Å². The summed E-state index contributed by atoms with van der Waals surface area (Å²) in [6.07, 6.45) is -0.926. The Bertz CT molecular complexity index is 715. The van der Waals surface area contributed by atoms with Crippen molar-refractivity contribution in [3.8, 4) is 0 Å². The predicted molar refractivity (Wildman–Crippen MR) is 102 cm³/mol. The van der Waals surface area contributed by atoms with Crippen LogP contribution >= 0.6 is 19.9 Å². The van der Waals surface area contributed by atoms with E-state index in [9.17, 15) is 9.79 Å². The Balaban J connectivity index is 1.68. The maximum atomic E-state index is 9.82. The molecule has 1 aromatic heterocycles. The van der Waals surface area contributed by atoms with Crippen LogP contribution in [-0.4, -0.2) is 68.8 Å². The molecule has 0 amide bonds. The van der Waals surface area contributed by atoms with Gasteiger partial charge in [0, 0.05) is 0 Å². The molecule has 11 nitrogen and oxygen atoms in total. The average Bonchev–Trinajstić information content (AvgIpc) is 3.11. The van der Waals surface area contributed by atoms with Gasteiger partial charge in [0.25, 0.3) is 0 Å². The van der Waals surface area contributed by atoms with E-state index in [0.717, 1.165) is 0 Å². The van der Waals surface area contributed by atoms with Crippen molar-refractivity contribution in [1.29, 1.82) is 0 Å². The quantitative estimate of drug-likeness (QED) is 0.495. The van der Waals surface area contributed by atoms with Gasteiger partial charge in [0.05, 0.1) is 0 Å². The minimum absolute atomic E-state index is 0.0161. The van der Waals surface area contributed by atoms with Crippen LogP contribution < -0.4 is 16.0 Å². The van der Waals surface area contributed by atoms with Crippen LogP contribution in [-0.2, 0) is 18.5 Å². The molecule has 1 aromatic rings. The van der Waals surface area contributed by atoms with Crippen molar-refractivity contribution in [2.24, 2.45) is 0 Å². The van der Waals surface area contributed by atoms with Crippen LogP contribution in [0.2, 0.25) is 0 Å². The van der Waals surface area contributed by atoms with E-state index in [0.29, 0.717) is 22.6 Å². The topological polar surface area (TPSA) is 144 Å². The number of thioether (sulfide) groups is 1. The summed E-state index contributed by atoms with van der Waals surface area (Å²) in [6, 6.07) is 0. The summed E-state index contributed by atoms with van der Waals surface area (Å²) in [5.74, 6) is 0.946. The second-order valence-electron chi connectivity index (χ2n) is 6.75.